The van der Waals surface area contributed by atoms with Gasteiger partial charge in [-0.15, -0.1) is 0 Å². The number of carbonyl (C=O) groups is 1. The summed E-state index contributed by atoms with van der Waals surface area (Å²) in [7, 11) is 0. The normalized spacial score (nSPS) is 14.9. The van der Waals surface area contributed by atoms with E-state index in [-0.39, 0.29) is 5.56 Å². The number of carbonyl (C=O) groups excluding carboxylic acids is 1. The van der Waals surface area contributed by atoms with Crippen molar-refractivity contribution in [2.24, 2.45) is 11.7 Å². The average molecular weight is 242 g/mol. The van der Waals surface area contributed by atoms with Crippen molar-refractivity contribution in [3.8, 4) is 0 Å². The average Bonchev–Trinajstić information content (AvgIpc) is 3.16. The van der Waals surface area contributed by atoms with Crippen molar-refractivity contribution in [3.63, 3.8) is 0 Å². The predicted octanol–water partition coefficient (Wildman–Crippen LogP) is 1.51. The Kier molecular flexibility index (Phi) is 2.44. The van der Waals surface area contributed by atoms with Crippen LogP contribution in [0, 0.1) is 5.92 Å². The summed E-state index contributed by atoms with van der Waals surface area (Å²) in [6, 6.07) is 8.77. The minimum atomic E-state index is -0.554. The molecule has 0 saturated heterocycles. The molecule has 0 aliphatic heterocycles. The summed E-state index contributed by atoms with van der Waals surface area (Å²) in [6.07, 6.45) is 2.36. The van der Waals surface area contributed by atoms with E-state index in [0.717, 1.165) is 17.4 Å². The Morgan fingerprint density at radius 2 is 2.06 bits per heavy atom. The first-order valence-electron chi connectivity index (χ1n) is 6.09. The molecule has 0 radical (unpaired) electrons. The van der Waals surface area contributed by atoms with E-state index in [1.54, 1.807) is 4.57 Å². The van der Waals surface area contributed by atoms with Gasteiger partial charge in [0.05, 0.1) is 11.1 Å². The van der Waals surface area contributed by atoms with E-state index >= 15 is 0 Å². The highest BCUT2D eigenvalue weighted by Crippen LogP contribution is 2.31. The standard InChI is InChI=1S/C14H14N2O2/c15-14(18)11-7-13(17)16(8-9-5-6-9)12-4-2-1-3-10(11)12/h1-4,7,9H,5-6,8H2,(H2,15,18). The van der Waals surface area contributed by atoms with Gasteiger partial charge in [-0.1, -0.05) is 18.2 Å². The van der Waals surface area contributed by atoms with Crippen molar-refractivity contribution in [2.45, 2.75) is 19.4 Å². The van der Waals surface area contributed by atoms with Gasteiger partial charge in [0.2, 0.25) is 5.91 Å². The zero-order valence-electron chi connectivity index (χ0n) is 9.93. The predicted molar refractivity (Wildman–Crippen MR) is 69.4 cm³/mol. The van der Waals surface area contributed by atoms with Crippen molar-refractivity contribution in [3.05, 3.63) is 46.2 Å². The number of rotatable bonds is 3. The first-order valence-corrected chi connectivity index (χ1v) is 6.09. The number of nitrogens with zero attached hydrogens (tertiary/aromatic N) is 1. The highest BCUT2D eigenvalue weighted by Gasteiger charge is 2.23. The number of hydrogen-bond donors (Lipinski definition) is 1. The van der Waals surface area contributed by atoms with Gasteiger partial charge in [0.25, 0.3) is 5.56 Å². The quantitative estimate of drug-likeness (QED) is 0.886. The second kappa shape index (κ2) is 3.98. The smallest absolute Gasteiger partial charge is 0.251 e. The Morgan fingerprint density at radius 1 is 1.33 bits per heavy atom. The van der Waals surface area contributed by atoms with Crippen LogP contribution in [0.15, 0.2) is 35.1 Å². The molecule has 2 N–H and O–H groups in total. The van der Waals surface area contributed by atoms with Gasteiger partial charge >= 0.3 is 0 Å². The van der Waals surface area contributed by atoms with Crippen LogP contribution in [0.5, 0.6) is 0 Å². The van der Waals surface area contributed by atoms with Gasteiger partial charge in [-0.05, 0) is 24.8 Å². The minimum absolute atomic E-state index is 0.144. The van der Waals surface area contributed by atoms with Crippen LogP contribution in [-0.2, 0) is 6.54 Å². The molecule has 1 fully saturated rings. The van der Waals surface area contributed by atoms with E-state index in [1.807, 2.05) is 24.3 Å². The number of amides is 1. The molecule has 18 heavy (non-hydrogen) atoms. The molecule has 92 valence electrons. The Balaban J connectivity index is 2.29. The molecule has 1 saturated carbocycles. The number of benzene rings is 1. The fourth-order valence-electron chi connectivity index (χ4n) is 2.29. The lowest BCUT2D eigenvalue weighted by atomic mass is 10.1. The van der Waals surface area contributed by atoms with Crippen molar-refractivity contribution in [1.29, 1.82) is 0 Å². The van der Waals surface area contributed by atoms with Crippen molar-refractivity contribution < 1.29 is 4.79 Å². The van der Waals surface area contributed by atoms with Gasteiger partial charge in [-0.25, -0.2) is 0 Å². The van der Waals surface area contributed by atoms with Gasteiger partial charge in [0, 0.05) is 18.0 Å². The fourth-order valence-corrected chi connectivity index (χ4v) is 2.29. The molecule has 1 aromatic carbocycles. The lowest BCUT2D eigenvalue weighted by Gasteiger charge is -2.11. The van der Waals surface area contributed by atoms with Crippen molar-refractivity contribution >= 4 is 16.8 Å². The van der Waals surface area contributed by atoms with Gasteiger partial charge < -0.3 is 10.3 Å². The van der Waals surface area contributed by atoms with Crippen LogP contribution in [0.25, 0.3) is 10.9 Å². The summed E-state index contributed by atoms with van der Waals surface area (Å²) in [5, 5.41) is 0.755. The second-order valence-electron chi connectivity index (χ2n) is 4.83. The summed E-state index contributed by atoms with van der Waals surface area (Å²) in [4.78, 5) is 23.5. The minimum Gasteiger partial charge on any atom is -0.366 e. The first-order chi connectivity index (χ1) is 8.66. The van der Waals surface area contributed by atoms with Crippen molar-refractivity contribution in [2.75, 3.05) is 0 Å². The molecule has 3 rings (SSSR count). The Morgan fingerprint density at radius 3 is 2.72 bits per heavy atom. The summed E-state index contributed by atoms with van der Waals surface area (Å²) in [5.41, 5.74) is 6.29. The maximum atomic E-state index is 12.1. The molecular weight excluding hydrogens is 228 g/mol. The van der Waals surface area contributed by atoms with Crippen LogP contribution >= 0.6 is 0 Å². The second-order valence-corrected chi connectivity index (χ2v) is 4.83. The van der Waals surface area contributed by atoms with Crippen LogP contribution in [0.3, 0.4) is 0 Å². The Labute approximate surface area is 104 Å². The molecule has 0 bridgehead atoms. The summed E-state index contributed by atoms with van der Waals surface area (Å²) in [5.74, 6) is 0.0485. The lowest BCUT2D eigenvalue weighted by molar-refractivity contribution is 0.100. The monoisotopic (exact) mass is 242 g/mol. The molecule has 4 heteroatoms. The van der Waals surface area contributed by atoms with E-state index < -0.39 is 5.91 Å². The van der Waals surface area contributed by atoms with Gasteiger partial charge in [-0.3, -0.25) is 9.59 Å². The number of para-hydroxylation sites is 1. The third kappa shape index (κ3) is 1.79. The Hall–Kier alpha value is -2.10. The van der Waals surface area contributed by atoms with Crippen molar-refractivity contribution in [1.82, 2.24) is 4.57 Å². The molecule has 0 unspecified atom stereocenters. The van der Waals surface area contributed by atoms with Gasteiger partial charge in [0.15, 0.2) is 0 Å². The maximum Gasteiger partial charge on any atom is 0.251 e. The first kappa shape index (κ1) is 11.0. The summed E-state index contributed by atoms with van der Waals surface area (Å²) >= 11 is 0. The number of aromatic nitrogens is 1. The van der Waals surface area contributed by atoms with Crippen LogP contribution in [0.4, 0.5) is 0 Å². The Bertz CT molecular complexity index is 684. The number of nitrogens with two attached hydrogens (primary N) is 1. The topological polar surface area (TPSA) is 65.1 Å². The van der Waals surface area contributed by atoms with Crippen LogP contribution in [-0.4, -0.2) is 10.5 Å². The molecule has 1 aliphatic carbocycles. The van der Waals surface area contributed by atoms with E-state index in [0.29, 0.717) is 11.5 Å². The fraction of sp³-hybridized carbons (Fsp3) is 0.286. The van der Waals surface area contributed by atoms with E-state index in [2.05, 4.69) is 0 Å². The highest BCUT2D eigenvalue weighted by molar-refractivity contribution is 6.05. The van der Waals surface area contributed by atoms with Gasteiger partial charge in [0.1, 0.15) is 0 Å². The van der Waals surface area contributed by atoms with E-state index in [1.165, 1.54) is 18.9 Å². The molecule has 0 spiro atoms. The zero-order valence-corrected chi connectivity index (χ0v) is 9.93. The largest absolute Gasteiger partial charge is 0.366 e. The zero-order chi connectivity index (χ0) is 12.7. The third-order valence-electron chi connectivity index (χ3n) is 3.42. The van der Waals surface area contributed by atoms with E-state index in [4.69, 9.17) is 5.73 Å². The molecule has 4 nitrogen and oxygen atoms in total. The third-order valence-corrected chi connectivity index (χ3v) is 3.42. The molecule has 1 aromatic heterocycles. The SMILES string of the molecule is NC(=O)c1cc(=O)n(CC2CC2)c2ccccc12. The molecule has 0 atom stereocenters. The highest BCUT2D eigenvalue weighted by atomic mass is 16.1. The number of pyridine rings is 1. The number of fused-ring (bicyclic) bond motifs is 1. The molecule has 2 aromatic rings. The lowest BCUT2D eigenvalue weighted by Crippen LogP contribution is -2.24. The molecule has 1 amide bonds. The van der Waals surface area contributed by atoms with Crippen LogP contribution in [0.2, 0.25) is 0 Å². The molecule has 1 aliphatic rings. The number of primary amides is 1. The van der Waals surface area contributed by atoms with Crippen LogP contribution < -0.4 is 11.3 Å². The van der Waals surface area contributed by atoms with E-state index in [9.17, 15) is 9.59 Å². The van der Waals surface area contributed by atoms with Crippen LogP contribution in [0.1, 0.15) is 23.2 Å². The summed E-state index contributed by atoms with van der Waals surface area (Å²) in [6.45, 7) is 0.735. The number of hydrogen-bond acceptors (Lipinski definition) is 2. The maximum absolute atomic E-state index is 12.1. The van der Waals surface area contributed by atoms with Gasteiger partial charge in [-0.2, -0.15) is 0 Å². The molecular formula is C14H14N2O2. The summed E-state index contributed by atoms with van der Waals surface area (Å²) < 4.78 is 1.75. The molecule has 1 heterocycles.